The summed E-state index contributed by atoms with van der Waals surface area (Å²) in [6.45, 7) is 2.75. The molecule has 0 fully saturated rings. The molecular weight excluding hydrogens is 287 g/mol. The van der Waals surface area contributed by atoms with Crippen molar-refractivity contribution < 1.29 is 9.18 Å². The topological polar surface area (TPSA) is 44.1 Å². The molecule has 5 heteroatoms. The molecular formula is C12H12BrFN2O. The highest BCUT2D eigenvalue weighted by Crippen LogP contribution is 2.18. The minimum atomic E-state index is -0.401. The van der Waals surface area contributed by atoms with Crippen molar-refractivity contribution >= 4 is 21.8 Å². The maximum Gasteiger partial charge on any atom is 0.253 e. The number of nitriles is 1. The lowest BCUT2D eigenvalue weighted by atomic mass is 10.2. The van der Waals surface area contributed by atoms with Crippen molar-refractivity contribution in [3.8, 4) is 6.07 Å². The highest BCUT2D eigenvalue weighted by atomic mass is 79.9. The van der Waals surface area contributed by atoms with E-state index in [0.717, 1.165) is 0 Å². The fourth-order valence-corrected chi connectivity index (χ4v) is 1.78. The molecule has 0 spiro atoms. The van der Waals surface area contributed by atoms with Gasteiger partial charge in [0, 0.05) is 18.7 Å². The summed E-state index contributed by atoms with van der Waals surface area (Å²) >= 11 is 3.04. The maximum absolute atomic E-state index is 13.0. The lowest BCUT2D eigenvalue weighted by Gasteiger charge is -2.19. The van der Waals surface area contributed by atoms with Gasteiger partial charge in [0.25, 0.3) is 5.91 Å². The van der Waals surface area contributed by atoms with Crippen LogP contribution in [0.15, 0.2) is 22.7 Å². The molecule has 0 aromatic heterocycles. The normalized spacial score (nSPS) is 9.76. The first-order chi connectivity index (χ1) is 8.10. The molecule has 3 nitrogen and oxygen atoms in total. The first-order valence-corrected chi connectivity index (χ1v) is 6.00. The Labute approximate surface area is 108 Å². The molecule has 0 saturated heterocycles. The monoisotopic (exact) mass is 298 g/mol. The molecule has 0 heterocycles. The van der Waals surface area contributed by atoms with Gasteiger partial charge in [0.05, 0.1) is 17.0 Å². The molecule has 0 bridgehead atoms. The zero-order valence-electron chi connectivity index (χ0n) is 9.41. The van der Waals surface area contributed by atoms with Crippen LogP contribution >= 0.6 is 15.9 Å². The van der Waals surface area contributed by atoms with Crippen LogP contribution in [0.1, 0.15) is 23.7 Å². The first kappa shape index (κ1) is 13.7. The van der Waals surface area contributed by atoms with Crippen LogP contribution in [0.5, 0.6) is 0 Å². The summed E-state index contributed by atoms with van der Waals surface area (Å²) in [5.41, 5.74) is 0.415. The molecule has 0 atom stereocenters. The van der Waals surface area contributed by atoms with Crippen LogP contribution in [0.2, 0.25) is 0 Å². The van der Waals surface area contributed by atoms with Crippen LogP contribution in [-0.4, -0.2) is 23.9 Å². The smallest absolute Gasteiger partial charge is 0.253 e. The minimum Gasteiger partial charge on any atom is -0.338 e. The van der Waals surface area contributed by atoms with E-state index in [9.17, 15) is 9.18 Å². The Morgan fingerprint density at radius 1 is 1.59 bits per heavy atom. The number of benzene rings is 1. The largest absolute Gasteiger partial charge is 0.338 e. The van der Waals surface area contributed by atoms with Crippen LogP contribution in [0.4, 0.5) is 4.39 Å². The Balaban J connectivity index is 2.86. The Morgan fingerprint density at radius 3 is 2.82 bits per heavy atom. The van der Waals surface area contributed by atoms with Gasteiger partial charge in [0.1, 0.15) is 5.82 Å². The number of amides is 1. The van der Waals surface area contributed by atoms with Gasteiger partial charge in [-0.3, -0.25) is 4.79 Å². The summed E-state index contributed by atoms with van der Waals surface area (Å²) in [5.74, 6) is -0.593. The standard InChI is InChI=1S/C12H12BrFN2O/c1-2-16(7-3-6-15)12(17)9-4-5-11(14)10(13)8-9/h4-5,8H,2-3,7H2,1H3. The average molecular weight is 299 g/mol. The minimum absolute atomic E-state index is 0.191. The van der Waals surface area contributed by atoms with Gasteiger partial charge in [0.15, 0.2) is 0 Å². The molecule has 1 amide bonds. The van der Waals surface area contributed by atoms with E-state index < -0.39 is 5.82 Å². The van der Waals surface area contributed by atoms with Crippen molar-refractivity contribution in [2.75, 3.05) is 13.1 Å². The number of halogens is 2. The van der Waals surface area contributed by atoms with Gasteiger partial charge in [-0.15, -0.1) is 0 Å². The van der Waals surface area contributed by atoms with Gasteiger partial charge in [-0.2, -0.15) is 5.26 Å². The van der Waals surface area contributed by atoms with E-state index >= 15 is 0 Å². The zero-order chi connectivity index (χ0) is 12.8. The second kappa shape index (κ2) is 6.36. The van der Waals surface area contributed by atoms with E-state index in [4.69, 9.17) is 5.26 Å². The predicted octanol–water partition coefficient (Wildman–Crippen LogP) is 2.96. The van der Waals surface area contributed by atoms with Crippen molar-refractivity contribution in [3.63, 3.8) is 0 Å². The third kappa shape index (κ3) is 3.53. The van der Waals surface area contributed by atoms with E-state index in [-0.39, 0.29) is 10.4 Å². The lowest BCUT2D eigenvalue weighted by molar-refractivity contribution is 0.0767. The van der Waals surface area contributed by atoms with Crippen molar-refractivity contribution in [1.82, 2.24) is 4.90 Å². The average Bonchev–Trinajstić information content (AvgIpc) is 2.33. The maximum atomic E-state index is 13.0. The van der Waals surface area contributed by atoms with Crippen molar-refractivity contribution in [1.29, 1.82) is 5.26 Å². The second-order valence-corrected chi connectivity index (χ2v) is 4.28. The number of carbonyl (C=O) groups is 1. The van der Waals surface area contributed by atoms with Crippen LogP contribution in [0.3, 0.4) is 0 Å². The number of hydrogen-bond donors (Lipinski definition) is 0. The van der Waals surface area contributed by atoms with Gasteiger partial charge in [0.2, 0.25) is 0 Å². The molecule has 1 rings (SSSR count). The zero-order valence-corrected chi connectivity index (χ0v) is 11.0. The predicted molar refractivity (Wildman–Crippen MR) is 65.9 cm³/mol. The Morgan fingerprint density at radius 2 is 2.29 bits per heavy atom. The molecule has 0 radical (unpaired) electrons. The van der Waals surface area contributed by atoms with Gasteiger partial charge in [-0.25, -0.2) is 4.39 Å². The molecule has 0 unspecified atom stereocenters. The fourth-order valence-electron chi connectivity index (χ4n) is 1.40. The molecule has 0 N–H and O–H groups in total. The van der Waals surface area contributed by atoms with Crippen LogP contribution in [0, 0.1) is 17.1 Å². The summed E-state index contributed by atoms with van der Waals surface area (Å²) in [4.78, 5) is 13.6. The van der Waals surface area contributed by atoms with E-state index in [2.05, 4.69) is 15.9 Å². The molecule has 17 heavy (non-hydrogen) atoms. The number of nitrogens with zero attached hydrogens (tertiary/aromatic N) is 2. The molecule has 0 saturated carbocycles. The van der Waals surface area contributed by atoms with Crippen LogP contribution in [-0.2, 0) is 0 Å². The van der Waals surface area contributed by atoms with Crippen molar-refractivity contribution in [2.24, 2.45) is 0 Å². The molecule has 90 valence electrons. The first-order valence-electron chi connectivity index (χ1n) is 5.21. The van der Waals surface area contributed by atoms with Gasteiger partial charge >= 0.3 is 0 Å². The molecule has 1 aromatic rings. The van der Waals surface area contributed by atoms with Crippen LogP contribution < -0.4 is 0 Å². The van der Waals surface area contributed by atoms with Gasteiger partial charge < -0.3 is 4.90 Å². The molecule has 1 aromatic carbocycles. The van der Waals surface area contributed by atoms with Gasteiger partial charge in [-0.1, -0.05) is 0 Å². The number of carbonyl (C=O) groups excluding carboxylic acids is 1. The number of hydrogen-bond acceptors (Lipinski definition) is 2. The SMILES string of the molecule is CCN(CCC#N)C(=O)c1ccc(F)c(Br)c1. The third-order valence-corrected chi connectivity index (χ3v) is 2.94. The Kier molecular flexibility index (Phi) is 5.11. The second-order valence-electron chi connectivity index (χ2n) is 3.42. The third-order valence-electron chi connectivity index (χ3n) is 2.33. The Bertz CT molecular complexity index is 456. The van der Waals surface area contributed by atoms with Crippen molar-refractivity contribution in [2.45, 2.75) is 13.3 Å². The van der Waals surface area contributed by atoms with Crippen molar-refractivity contribution in [3.05, 3.63) is 34.1 Å². The summed E-state index contributed by atoms with van der Waals surface area (Å²) in [5, 5.41) is 8.50. The van der Waals surface area contributed by atoms with E-state index in [0.29, 0.717) is 25.1 Å². The van der Waals surface area contributed by atoms with Gasteiger partial charge in [-0.05, 0) is 41.1 Å². The van der Waals surface area contributed by atoms with Crippen LogP contribution in [0.25, 0.3) is 0 Å². The number of rotatable bonds is 4. The summed E-state index contributed by atoms with van der Waals surface area (Å²) in [6.07, 6.45) is 0.294. The quantitative estimate of drug-likeness (QED) is 0.858. The van der Waals surface area contributed by atoms with E-state index in [1.54, 1.807) is 4.90 Å². The highest BCUT2D eigenvalue weighted by molar-refractivity contribution is 9.10. The van der Waals surface area contributed by atoms with E-state index in [1.807, 2.05) is 13.0 Å². The molecule has 0 aliphatic rings. The highest BCUT2D eigenvalue weighted by Gasteiger charge is 2.14. The summed E-state index contributed by atoms with van der Waals surface area (Å²) < 4.78 is 13.3. The molecule has 0 aliphatic carbocycles. The lowest BCUT2D eigenvalue weighted by Crippen LogP contribution is -2.31. The van der Waals surface area contributed by atoms with E-state index in [1.165, 1.54) is 18.2 Å². The fraction of sp³-hybridized carbons (Fsp3) is 0.333. The Hall–Kier alpha value is -1.41. The molecule has 0 aliphatic heterocycles. The summed E-state index contributed by atoms with van der Waals surface area (Å²) in [6, 6.07) is 6.13. The summed E-state index contributed by atoms with van der Waals surface area (Å²) in [7, 11) is 0.